The van der Waals surface area contributed by atoms with Crippen LogP contribution in [0, 0.1) is 0 Å². The first kappa shape index (κ1) is 40.3. The quantitative estimate of drug-likeness (QED) is 0.294. The number of fused-ring (bicyclic) bond motifs is 3. The fourth-order valence-corrected chi connectivity index (χ4v) is 7.08. The summed E-state index contributed by atoms with van der Waals surface area (Å²) in [4.78, 5) is 0. The lowest BCUT2D eigenvalue weighted by Crippen LogP contribution is -2.35. The third kappa shape index (κ3) is 11.3. The Labute approximate surface area is 289 Å². The van der Waals surface area contributed by atoms with Gasteiger partial charge in [-0.25, -0.2) is 0 Å². The van der Waals surface area contributed by atoms with Crippen molar-refractivity contribution in [3.8, 4) is 0 Å². The van der Waals surface area contributed by atoms with E-state index in [2.05, 4.69) is 0 Å². The molecule has 0 bridgehead atoms. The fourth-order valence-electron chi connectivity index (χ4n) is 7.08. The van der Waals surface area contributed by atoms with E-state index in [0.717, 1.165) is 0 Å². The second-order valence-corrected chi connectivity index (χ2v) is 15.1. The van der Waals surface area contributed by atoms with E-state index in [9.17, 15) is 0 Å². The lowest BCUT2D eigenvalue weighted by atomic mass is 10.1. The van der Waals surface area contributed by atoms with Crippen LogP contribution in [0.4, 0.5) is 0 Å². The van der Waals surface area contributed by atoms with Crippen LogP contribution in [0.25, 0.3) is 0 Å². The molecule has 6 rings (SSSR count). The largest absolute Gasteiger partial charge is 0.370 e. The maximum Gasteiger partial charge on any atom is 0.115 e. The summed E-state index contributed by atoms with van der Waals surface area (Å²) in [7, 11) is 0. The number of rotatable bonds is 12. The van der Waals surface area contributed by atoms with E-state index in [0.29, 0.717) is 39.6 Å². The van der Waals surface area contributed by atoms with E-state index in [1.807, 2.05) is 83.1 Å². The second kappa shape index (κ2) is 18.8. The monoisotopic (exact) mass is 690 g/mol. The third-order valence-electron chi connectivity index (χ3n) is 8.57. The van der Waals surface area contributed by atoms with Gasteiger partial charge in [0, 0.05) is 0 Å². The van der Waals surface area contributed by atoms with Gasteiger partial charge in [-0.2, -0.15) is 0 Å². The van der Waals surface area contributed by atoms with Gasteiger partial charge in [0.1, 0.15) is 73.2 Å². The summed E-state index contributed by atoms with van der Waals surface area (Å²) >= 11 is 0. The van der Waals surface area contributed by atoms with E-state index in [1.54, 1.807) is 0 Å². The van der Waals surface area contributed by atoms with Gasteiger partial charge in [0.15, 0.2) is 0 Å². The molecule has 6 fully saturated rings. The number of hydrogen-bond acceptors (Lipinski definition) is 12. The van der Waals surface area contributed by atoms with Crippen molar-refractivity contribution in [1.29, 1.82) is 0 Å². The fraction of sp³-hybridized carbons (Fsp3) is 1.00. The van der Waals surface area contributed by atoms with E-state index >= 15 is 0 Å². The first-order valence-electron chi connectivity index (χ1n) is 18.4. The third-order valence-corrected chi connectivity index (χ3v) is 8.57. The van der Waals surface area contributed by atoms with Crippen LogP contribution in [-0.2, 0) is 56.8 Å². The summed E-state index contributed by atoms with van der Waals surface area (Å²) in [6.07, 6.45) is 1.91. The van der Waals surface area contributed by atoms with E-state index in [1.165, 1.54) is 0 Å². The summed E-state index contributed by atoms with van der Waals surface area (Å²) in [5.41, 5.74) is 0. The molecule has 0 aliphatic carbocycles. The van der Waals surface area contributed by atoms with E-state index in [-0.39, 0.29) is 110 Å². The number of ether oxygens (including phenoxy) is 12. The topological polar surface area (TPSA) is 111 Å². The Balaban J connectivity index is 0.000000163. The zero-order valence-corrected chi connectivity index (χ0v) is 31.5. The van der Waals surface area contributed by atoms with Crippen LogP contribution in [0.2, 0.25) is 0 Å². The molecule has 6 aliphatic heterocycles. The zero-order chi connectivity index (χ0) is 35.1. The molecular formula is C36H66O12. The molecular weight excluding hydrogens is 624 g/mol. The minimum Gasteiger partial charge on any atom is -0.370 e. The molecule has 0 aromatic carbocycles. The van der Waals surface area contributed by atoms with Crippen molar-refractivity contribution in [2.45, 2.75) is 193 Å². The first-order valence-corrected chi connectivity index (χ1v) is 18.4. The van der Waals surface area contributed by atoms with Crippen molar-refractivity contribution in [1.82, 2.24) is 0 Å². The maximum atomic E-state index is 5.77. The van der Waals surface area contributed by atoms with Gasteiger partial charge >= 0.3 is 0 Å². The van der Waals surface area contributed by atoms with Crippen molar-refractivity contribution < 1.29 is 56.8 Å². The molecule has 12 nitrogen and oxygen atoms in total. The molecule has 0 amide bonds. The Bertz CT molecular complexity index is 729. The zero-order valence-electron chi connectivity index (χ0n) is 31.5. The average molecular weight is 691 g/mol. The average Bonchev–Trinajstić information content (AvgIpc) is 3.80. The van der Waals surface area contributed by atoms with Gasteiger partial charge in [0.2, 0.25) is 0 Å². The van der Waals surface area contributed by atoms with Crippen LogP contribution < -0.4 is 0 Å². The summed E-state index contributed by atoms with van der Waals surface area (Å²) in [5.74, 6) is 0. The highest BCUT2D eigenvalue weighted by molar-refractivity contribution is 4.98. The molecule has 6 aliphatic rings. The predicted octanol–water partition coefficient (Wildman–Crippen LogP) is 4.11. The van der Waals surface area contributed by atoms with Crippen molar-refractivity contribution in [2.24, 2.45) is 0 Å². The molecule has 0 unspecified atom stereocenters. The molecule has 0 aromatic heterocycles. The highest BCUT2D eigenvalue weighted by Gasteiger charge is 2.51. The molecule has 48 heavy (non-hydrogen) atoms. The molecule has 12 heteroatoms. The molecule has 6 saturated heterocycles. The van der Waals surface area contributed by atoms with Crippen LogP contribution in [0.1, 0.15) is 83.1 Å². The standard InChI is InChI=1S/3C12H22O4/c3*1-7(2)15-9-5-13-12-10(16-8(3)4)6-14-11(9)12/h3*7-12H,5-6H2,1-4H3/t9-,10+,11-,12-;9-,10-,11+,12+;9-,10-,11-,12-/m010/s1. The molecule has 0 saturated carbocycles. The molecule has 282 valence electrons. The summed E-state index contributed by atoms with van der Waals surface area (Å²) in [5, 5.41) is 0. The van der Waals surface area contributed by atoms with Crippen molar-refractivity contribution in [2.75, 3.05) is 39.6 Å². The van der Waals surface area contributed by atoms with Gasteiger partial charge in [-0.1, -0.05) is 0 Å². The van der Waals surface area contributed by atoms with Gasteiger partial charge in [0.05, 0.1) is 76.3 Å². The molecule has 6 heterocycles. The Kier molecular flexibility index (Phi) is 15.8. The van der Waals surface area contributed by atoms with Gasteiger partial charge < -0.3 is 56.8 Å². The molecule has 0 spiro atoms. The van der Waals surface area contributed by atoms with Crippen LogP contribution >= 0.6 is 0 Å². The molecule has 0 radical (unpaired) electrons. The Hall–Kier alpha value is -0.480. The maximum absolute atomic E-state index is 5.77. The van der Waals surface area contributed by atoms with Crippen LogP contribution in [-0.4, -0.2) is 150 Å². The van der Waals surface area contributed by atoms with Gasteiger partial charge in [-0.05, 0) is 83.1 Å². The highest BCUT2D eigenvalue weighted by Crippen LogP contribution is 2.33. The Morgan fingerprint density at radius 2 is 0.396 bits per heavy atom. The van der Waals surface area contributed by atoms with Crippen molar-refractivity contribution in [3.05, 3.63) is 0 Å². The van der Waals surface area contributed by atoms with Crippen LogP contribution in [0.3, 0.4) is 0 Å². The van der Waals surface area contributed by atoms with Crippen LogP contribution in [0.15, 0.2) is 0 Å². The van der Waals surface area contributed by atoms with Crippen LogP contribution in [0.5, 0.6) is 0 Å². The number of hydrogen-bond donors (Lipinski definition) is 0. The summed E-state index contributed by atoms with van der Waals surface area (Å²) in [6.45, 7) is 28.1. The van der Waals surface area contributed by atoms with Crippen molar-refractivity contribution >= 4 is 0 Å². The normalized spacial score (nSPS) is 38.6. The smallest absolute Gasteiger partial charge is 0.115 e. The second-order valence-electron chi connectivity index (χ2n) is 15.1. The minimum absolute atomic E-state index is 0.0474. The lowest BCUT2D eigenvalue weighted by Gasteiger charge is -2.19. The predicted molar refractivity (Wildman–Crippen MR) is 178 cm³/mol. The van der Waals surface area contributed by atoms with E-state index < -0.39 is 0 Å². The minimum atomic E-state index is 0.0474. The first-order chi connectivity index (χ1) is 22.7. The Morgan fingerprint density at radius 3 is 0.500 bits per heavy atom. The molecule has 0 aromatic rings. The lowest BCUT2D eigenvalue weighted by molar-refractivity contribution is -0.0754. The summed E-state index contributed by atoms with van der Waals surface area (Å²) in [6, 6.07) is 0. The molecule has 12 atom stereocenters. The van der Waals surface area contributed by atoms with Crippen molar-refractivity contribution in [3.63, 3.8) is 0 Å². The summed E-state index contributed by atoms with van der Waals surface area (Å²) < 4.78 is 69.0. The van der Waals surface area contributed by atoms with Gasteiger partial charge in [0.25, 0.3) is 0 Å². The Morgan fingerprint density at radius 1 is 0.271 bits per heavy atom. The van der Waals surface area contributed by atoms with E-state index in [4.69, 9.17) is 56.8 Å². The van der Waals surface area contributed by atoms with Gasteiger partial charge in [-0.15, -0.1) is 0 Å². The highest BCUT2D eigenvalue weighted by atomic mass is 16.7. The molecule has 0 N–H and O–H groups in total. The van der Waals surface area contributed by atoms with Gasteiger partial charge in [-0.3, -0.25) is 0 Å². The SMILES string of the molecule is CC(C)O[C@@H]1CO[C@@H]2[C@H]1OC[C@H]2OC(C)C.CC(C)O[C@H]1CO[C@@H]2[C@H]1OC[C@@H]2OC(C)C.CC(C)O[C@H]1CO[C@@H]2[C@H]1OC[C@H]2OC(C)C.